The SMILES string of the molecule is Nc1nc(Cc2ccc(Cl)cc2)c(C(=O)O)s1. The second-order valence-corrected chi connectivity index (χ2v) is 4.90. The molecule has 4 nitrogen and oxygen atoms in total. The van der Waals surface area contributed by atoms with Gasteiger partial charge in [-0.05, 0) is 17.7 Å². The molecule has 17 heavy (non-hydrogen) atoms. The number of halogens is 1. The van der Waals surface area contributed by atoms with Gasteiger partial charge in [-0.25, -0.2) is 9.78 Å². The fraction of sp³-hybridized carbons (Fsp3) is 0.0909. The van der Waals surface area contributed by atoms with Gasteiger partial charge in [0.15, 0.2) is 5.13 Å². The maximum Gasteiger partial charge on any atom is 0.347 e. The topological polar surface area (TPSA) is 76.2 Å². The molecule has 0 aliphatic heterocycles. The number of nitrogens with zero attached hydrogens (tertiary/aromatic N) is 1. The van der Waals surface area contributed by atoms with Crippen LogP contribution in [0.2, 0.25) is 5.02 Å². The van der Waals surface area contributed by atoms with Crippen molar-refractivity contribution in [1.82, 2.24) is 4.98 Å². The fourth-order valence-electron chi connectivity index (χ4n) is 1.45. The summed E-state index contributed by atoms with van der Waals surface area (Å²) in [5, 5.41) is 9.91. The number of thiazole rings is 1. The van der Waals surface area contributed by atoms with E-state index in [2.05, 4.69) is 4.98 Å². The van der Waals surface area contributed by atoms with Crippen LogP contribution in [0.15, 0.2) is 24.3 Å². The molecule has 0 unspecified atom stereocenters. The Hall–Kier alpha value is -1.59. The average Bonchev–Trinajstić information content (AvgIpc) is 2.63. The number of nitrogen functional groups attached to an aromatic ring is 1. The van der Waals surface area contributed by atoms with E-state index in [9.17, 15) is 4.79 Å². The van der Waals surface area contributed by atoms with Crippen LogP contribution < -0.4 is 5.73 Å². The first kappa shape index (κ1) is 11.9. The van der Waals surface area contributed by atoms with Crippen LogP contribution in [0.4, 0.5) is 5.13 Å². The minimum absolute atomic E-state index is 0.192. The molecule has 0 fully saturated rings. The third-order valence-corrected chi connectivity index (χ3v) is 3.36. The summed E-state index contributed by atoms with van der Waals surface area (Å²) in [6, 6.07) is 7.19. The Balaban J connectivity index is 2.29. The predicted molar refractivity (Wildman–Crippen MR) is 67.7 cm³/mol. The lowest BCUT2D eigenvalue weighted by molar-refractivity contribution is 0.0701. The van der Waals surface area contributed by atoms with E-state index in [0.29, 0.717) is 17.1 Å². The van der Waals surface area contributed by atoms with Crippen molar-refractivity contribution in [3.63, 3.8) is 0 Å². The Kier molecular flexibility index (Phi) is 3.31. The zero-order valence-electron chi connectivity index (χ0n) is 8.68. The highest BCUT2D eigenvalue weighted by molar-refractivity contribution is 7.17. The predicted octanol–water partition coefficient (Wildman–Crippen LogP) is 2.67. The Bertz CT molecular complexity index is 551. The van der Waals surface area contributed by atoms with Gasteiger partial charge in [0.2, 0.25) is 0 Å². The van der Waals surface area contributed by atoms with Crippen molar-refractivity contribution in [3.05, 3.63) is 45.4 Å². The Morgan fingerprint density at radius 3 is 2.65 bits per heavy atom. The molecule has 88 valence electrons. The molecule has 0 radical (unpaired) electrons. The van der Waals surface area contributed by atoms with Gasteiger partial charge in [0.05, 0.1) is 5.69 Å². The molecule has 0 saturated heterocycles. The molecular weight excluding hydrogens is 260 g/mol. The highest BCUT2D eigenvalue weighted by Gasteiger charge is 2.16. The molecule has 6 heteroatoms. The zero-order chi connectivity index (χ0) is 12.4. The number of carboxylic acid groups (broad SMARTS) is 1. The summed E-state index contributed by atoms with van der Waals surface area (Å²) in [6.45, 7) is 0. The van der Waals surface area contributed by atoms with Crippen LogP contribution in [0.5, 0.6) is 0 Å². The highest BCUT2D eigenvalue weighted by atomic mass is 35.5. The van der Waals surface area contributed by atoms with E-state index in [4.69, 9.17) is 22.4 Å². The maximum atomic E-state index is 11.0. The van der Waals surface area contributed by atoms with E-state index in [1.165, 1.54) is 0 Å². The van der Waals surface area contributed by atoms with E-state index >= 15 is 0 Å². The lowest BCUT2D eigenvalue weighted by atomic mass is 10.1. The number of hydrogen-bond donors (Lipinski definition) is 2. The van der Waals surface area contributed by atoms with Crippen LogP contribution in [-0.4, -0.2) is 16.1 Å². The first-order chi connectivity index (χ1) is 8.06. The van der Waals surface area contributed by atoms with Gasteiger partial charge in [-0.15, -0.1) is 0 Å². The Labute approximate surface area is 107 Å². The van der Waals surface area contributed by atoms with E-state index < -0.39 is 5.97 Å². The van der Waals surface area contributed by atoms with Crippen molar-refractivity contribution in [3.8, 4) is 0 Å². The maximum absolute atomic E-state index is 11.0. The lowest BCUT2D eigenvalue weighted by Crippen LogP contribution is -1.99. The van der Waals surface area contributed by atoms with Crippen LogP contribution in [0.1, 0.15) is 20.9 Å². The van der Waals surface area contributed by atoms with Crippen LogP contribution in [0.25, 0.3) is 0 Å². The van der Waals surface area contributed by atoms with Crippen LogP contribution in [0, 0.1) is 0 Å². The first-order valence-corrected chi connectivity index (χ1v) is 5.98. The highest BCUT2D eigenvalue weighted by Crippen LogP contribution is 2.23. The van der Waals surface area contributed by atoms with Gasteiger partial charge >= 0.3 is 5.97 Å². The Morgan fingerprint density at radius 2 is 2.06 bits per heavy atom. The van der Waals surface area contributed by atoms with Crippen molar-refractivity contribution in [2.24, 2.45) is 0 Å². The van der Waals surface area contributed by atoms with Crippen LogP contribution in [0.3, 0.4) is 0 Å². The normalized spacial score (nSPS) is 10.4. The summed E-state index contributed by atoms with van der Waals surface area (Å²) in [5.74, 6) is -0.997. The van der Waals surface area contributed by atoms with Crippen molar-refractivity contribution in [1.29, 1.82) is 0 Å². The van der Waals surface area contributed by atoms with Crippen LogP contribution in [-0.2, 0) is 6.42 Å². The molecule has 0 amide bonds. The number of rotatable bonds is 3. The second-order valence-electron chi connectivity index (χ2n) is 3.44. The molecule has 0 atom stereocenters. The van der Waals surface area contributed by atoms with E-state index in [-0.39, 0.29) is 10.0 Å². The molecule has 0 aliphatic carbocycles. The number of nitrogens with two attached hydrogens (primary N) is 1. The van der Waals surface area contributed by atoms with Gasteiger partial charge in [0, 0.05) is 11.4 Å². The number of anilines is 1. The molecule has 1 heterocycles. The number of benzene rings is 1. The molecular formula is C11H9ClN2O2S. The monoisotopic (exact) mass is 268 g/mol. The summed E-state index contributed by atoms with van der Waals surface area (Å²) in [5.41, 5.74) is 6.95. The summed E-state index contributed by atoms with van der Waals surface area (Å²) in [7, 11) is 0. The van der Waals surface area contributed by atoms with Gasteiger partial charge < -0.3 is 10.8 Å². The molecule has 2 rings (SSSR count). The summed E-state index contributed by atoms with van der Waals surface area (Å²) < 4.78 is 0. The third-order valence-electron chi connectivity index (χ3n) is 2.19. The standard InChI is InChI=1S/C11H9ClN2O2S/c12-7-3-1-6(2-4-7)5-8-9(10(15)16)17-11(13)14-8/h1-4H,5H2,(H2,13,14)(H,15,16). The fourth-order valence-corrected chi connectivity index (χ4v) is 2.27. The largest absolute Gasteiger partial charge is 0.477 e. The van der Waals surface area contributed by atoms with Crippen LogP contribution >= 0.6 is 22.9 Å². The van der Waals surface area contributed by atoms with Crippen molar-refractivity contribution in [2.45, 2.75) is 6.42 Å². The minimum atomic E-state index is -0.997. The van der Waals surface area contributed by atoms with Gasteiger partial charge in [-0.2, -0.15) is 0 Å². The lowest BCUT2D eigenvalue weighted by Gasteiger charge is -1.99. The number of aromatic carboxylic acids is 1. The van der Waals surface area contributed by atoms with Gasteiger partial charge in [-0.1, -0.05) is 35.1 Å². The number of aromatic nitrogens is 1. The molecule has 0 aliphatic rings. The summed E-state index contributed by atoms with van der Waals surface area (Å²) in [6.07, 6.45) is 0.437. The zero-order valence-corrected chi connectivity index (χ0v) is 10.3. The molecule has 0 bridgehead atoms. The van der Waals surface area contributed by atoms with Gasteiger partial charge in [0.1, 0.15) is 4.88 Å². The number of carboxylic acids is 1. The molecule has 2 aromatic rings. The number of hydrogen-bond acceptors (Lipinski definition) is 4. The molecule has 3 N–H and O–H groups in total. The summed E-state index contributed by atoms with van der Waals surface area (Å²) >= 11 is 6.76. The molecule has 0 saturated carbocycles. The molecule has 1 aromatic carbocycles. The van der Waals surface area contributed by atoms with E-state index in [1.807, 2.05) is 12.1 Å². The van der Waals surface area contributed by atoms with Gasteiger partial charge in [0.25, 0.3) is 0 Å². The van der Waals surface area contributed by atoms with Gasteiger partial charge in [-0.3, -0.25) is 0 Å². The average molecular weight is 269 g/mol. The smallest absolute Gasteiger partial charge is 0.347 e. The van der Waals surface area contributed by atoms with E-state index in [1.54, 1.807) is 12.1 Å². The van der Waals surface area contributed by atoms with Crippen molar-refractivity contribution >= 4 is 34.0 Å². The van der Waals surface area contributed by atoms with Crippen molar-refractivity contribution in [2.75, 3.05) is 5.73 Å². The molecule has 1 aromatic heterocycles. The third kappa shape index (κ3) is 2.75. The second kappa shape index (κ2) is 4.73. The summed E-state index contributed by atoms with van der Waals surface area (Å²) in [4.78, 5) is 15.2. The Morgan fingerprint density at radius 1 is 1.41 bits per heavy atom. The van der Waals surface area contributed by atoms with E-state index in [0.717, 1.165) is 16.9 Å². The quantitative estimate of drug-likeness (QED) is 0.897. The minimum Gasteiger partial charge on any atom is -0.477 e. The number of carbonyl (C=O) groups is 1. The molecule has 0 spiro atoms. The first-order valence-electron chi connectivity index (χ1n) is 4.79. The van der Waals surface area contributed by atoms with Crippen molar-refractivity contribution < 1.29 is 9.90 Å².